The Bertz CT molecular complexity index is 923. The van der Waals surface area contributed by atoms with Gasteiger partial charge in [-0.25, -0.2) is 8.78 Å². The lowest BCUT2D eigenvalue weighted by atomic mass is 10.2. The summed E-state index contributed by atoms with van der Waals surface area (Å²) < 4.78 is 37.1. The Balaban J connectivity index is 1.79. The molecule has 0 unspecified atom stereocenters. The Hall–Kier alpha value is -3.49. The number of aromatic nitrogens is 3. The summed E-state index contributed by atoms with van der Waals surface area (Å²) in [4.78, 5) is 4.20. The quantitative estimate of drug-likeness (QED) is 0.695. The first-order valence-corrected chi connectivity index (χ1v) is 7.50. The van der Waals surface area contributed by atoms with Gasteiger partial charge in [0.05, 0.1) is 26.1 Å². The second-order valence-electron chi connectivity index (χ2n) is 5.11. The molecule has 0 saturated heterocycles. The zero-order valence-corrected chi connectivity index (χ0v) is 14.0. The van der Waals surface area contributed by atoms with E-state index in [1.807, 2.05) is 0 Å². The summed E-state index contributed by atoms with van der Waals surface area (Å²) >= 11 is 0. The largest absolute Gasteiger partial charge is 0.493 e. The van der Waals surface area contributed by atoms with E-state index in [4.69, 9.17) is 9.47 Å². The third-order valence-electron chi connectivity index (χ3n) is 3.39. The summed E-state index contributed by atoms with van der Waals surface area (Å²) in [6, 6.07) is 8.39. The molecule has 0 bridgehead atoms. The number of hydrogen-bond donors (Lipinski definition) is 2. The van der Waals surface area contributed by atoms with Crippen molar-refractivity contribution in [2.75, 3.05) is 24.9 Å². The van der Waals surface area contributed by atoms with Gasteiger partial charge in [-0.2, -0.15) is 10.1 Å². The molecule has 0 aliphatic carbocycles. The predicted molar refractivity (Wildman–Crippen MR) is 92.3 cm³/mol. The zero-order valence-electron chi connectivity index (χ0n) is 14.0. The second-order valence-corrected chi connectivity index (χ2v) is 5.11. The maximum Gasteiger partial charge on any atom is 0.249 e. The molecule has 0 aliphatic heterocycles. The fourth-order valence-electron chi connectivity index (χ4n) is 2.19. The van der Waals surface area contributed by atoms with Crippen LogP contribution in [0.15, 0.2) is 42.6 Å². The van der Waals surface area contributed by atoms with Gasteiger partial charge >= 0.3 is 0 Å². The van der Waals surface area contributed by atoms with E-state index in [0.717, 1.165) is 12.1 Å². The number of methoxy groups -OCH3 is 2. The van der Waals surface area contributed by atoms with Crippen LogP contribution in [-0.2, 0) is 0 Å². The molecule has 2 aromatic carbocycles. The SMILES string of the molecule is COc1ccc(Nc2cnnc(Nc3ccc(F)cc3F)n2)cc1OC. The lowest BCUT2D eigenvalue weighted by Gasteiger charge is -2.11. The molecule has 1 heterocycles. The van der Waals surface area contributed by atoms with Crippen LogP contribution in [0.2, 0.25) is 0 Å². The molecular formula is C17H15F2N5O2. The molecule has 0 aliphatic rings. The molecule has 0 atom stereocenters. The van der Waals surface area contributed by atoms with Gasteiger partial charge < -0.3 is 20.1 Å². The first kappa shape index (κ1) is 17.3. The van der Waals surface area contributed by atoms with E-state index in [0.29, 0.717) is 23.0 Å². The molecule has 0 radical (unpaired) electrons. The molecule has 0 spiro atoms. The summed E-state index contributed by atoms with van der Waals surface area (Å²) in [5, 5.41) is 13.3. The smallest absolute Gasteiger partial charge is 0.249 e. The molecule has 2 N–H and O–H groups in total. The van der Waals surface area contributed by atoms with Gasteiger partial charge in [0, 0.05) is 17.8 Å². The summed E-state index contributed by atoms with van der Waals surface area (Å²) in [6.45, 7) is 0. The Kier molecular flexibility index (Phi) is 5.07. The highest BCUT2D eigenvalue weighted by molar-refractivity contribution is 5.62. The van der Waals surface area contributed by atoms with Crippen molar-refractivity contribution in [3.05, 3.63) is 54.2 Å². The van der Waals surface area contributed by atoms with Crippen LogP contribution in [0.25, 0.3) is 0 Å². The molecule has 1 aromatic heterocycles. The lowest BCUT2D eigenvalue weighted by Crippen LogP contribution is -2.03. The number of nitrogens with one attached hydrogen (secondary N) is 2. The highest BCUT2D eigenvalue weighted by Gasteiger charge is 2.09. The van der Waals surface area contributed by atoms with E-state index in [1.165, 1.54) is 19.4 Å². The minimum absolute atomic E-state index is 0.0384. The molecule has 3 rings (SSSR count). The van der Waals surface area contributed by atoms with Crippen molar-refractivity contribution in [2.24, 2.45) is 0 Å². The summed E-state index contributed by atoms with van der Waals surface area (Å²) in [6.07, 6.45) is 1.41. The average molecular weight is 359 g/mol. The van der Waals surface area contributed by atoms with Crippen LogP contribution in [-0.4, -0.2) is 29.4 Å². The minimum atomic E-state index is -0.758. The Morgan fingerprint density at radius 2 is 1.73 bits per heavy atom. The Morgan fingerprint density at radius 3 is 2.46 bits per heavy atom. The summed E-state index contributed by atoms with van der Waals surface area (Å²) in [7, 11) is 3.08. The maximum absolute atomic E-state index is 13.7. The topological polar surface area (TPSA) is 81.2 Å². The van der Waals surface area contributed by atoms with Crippen molar-refractivity contribution in [2.45, 2.75) is 0 Å². The van der Waals surface area contributed by atoms with Crippen LogP contribution in [0.5, 0.6) is 11.5 Å². The predicted octanol–water partition coefficient (Wildman–Crippen LogP) is 3.65. The molecule has 0 saturated carbocycles. The van der Waals surface area contributed by atoms with Crippen molar-refractivity contribution in [1.82, 2.24) is 15.2 Å². The van der Waals surface area contributed by atoms with Gasteiger partial charge in [0.1, 0.15) is 11.6 Å². The molecule has 9 heteroatoms. The van der Waals surface area contributed by atoms with Crippen LogP contribution in [0.3, 0.4) is 0 Å². The molecule has 134 valence electrons. The second kappa shape index (κ2) is 7.60. The Morgan fingerprint density at radius 1 is 0.923 bits per heavy atom. The third kappa shape index (κ3) is 3.94. The van der Waals surface area contributed by atoms with Crippen molar-refractivity contribution in [1.29, 1.82) is 0 Å². The maximum atomic E-state index is 13.7. The average Bonchev–Trinajstić information content (AvgIpc) is 2.64. The fourth-order valence-corrected chi connectivity index (χ4v) is 2.19. The number of benzene rings is 2. The van der Waals surface area contributed by atoms with Gasteiger partial charge in [0.2, 0.25) is 5.95 Å². The van der Waals surface area contributed by atoms with E-state index in [2.05, 4.69) is 25.8 Å². The van der Waals surface area contributed by atoms with Crippen molar-refractivity contribution in [3.8, 4) is 11.5 Å². The zero-order chi connectivity index (χ0) is 18.5. The van der Waals surface area contributed by atoms with E-state index in [9.17, 15) is 8.78 Å². The number of halogens is 2. The highest BCUT2D eigenvalue weighted by atomic mass is 19.1. The molecule has 3 aromatic rings. The van der Waals surface area contributed by atoms with Crippen LogP contribution in [0.4, 0.5) is 31.9 Å². The van der Waals surface area contributed by atoms with E-state index in [1.54, 1.807) is 25.3 Å². The van der Waals surface area contributed by atoms with Crippen molar-refractivity contribution < 1.29 is 18.3 Å². The first-order chi connectivity index (χ1) is 12.6. The standard InChI is InChI=1S/C17H15F2N5O2/c1-25-14-6-4-11(8-15(14)26-2)21-16-9-20-24-17(23-16)22-13-5-3-10(18)7-12(13)19/h3-9H,1-2H3,(H2,21,22,23,24). The van der Waals surface area contributed by atoms with E-state index < -0.39 is 11.6 Å². The molecule has 26 heavy (non-hydrogen) atoms. The van der Waals surface area contributed by atoms with Gasteiger partial charge in [-0.15, -0.1) is 5.10 Å². The van der Waals surface area contributed by atoms with Crippen molar-refractivity contribution in [3.63, 3.8) is 0 Å². The summed E-state index contributed by atoms with van der Waals surface area (Å²) in [5.74, 6) is 0.139. The van der Waals surface area contributed by atoms with Gasteiger partial charge in [-0.3, -0.25) is 0 Å². The number of anilines is 4. The van der Waals surface area contributed by atoms with Crippen LogP contribution in [0.1, 0.15) is 0 Å². The number of rotatable bonds is 6. The first-order valence-electron chi connectivity index (χ1n) is 7.50. The highest BCUT2D eigenvalue weighted by Crippen LogP contribution is 2.30. The molecule has 0 fully saturated rings. The lowest BCUT2D eigenvalue weighted by molar-refractivity contribution is 0.355. The normalized spacial score (nSPS) is 10.3. The van der Waals surface area contributed by atoms with Crippen molar-refractivity contribution >= 4 is 23.1 Å². The van der Waals surface area contributed by atoms with Crippen LogP contribution >= 0.6 is 0 Å². The number of hydrogen-bond acceptors (Lipinski definition) is 7. The molecule has 0 amide bonds. The van der Waals surface area contributed by atoms with E-state index >= 15 is 0 Å². The van der Waals surface area contributed by atoms with Crippen LogP contribution in [0, 0.1) is 11.6 Å². The number of nitrogens with zero attached hydrogens (tertiary/aromatic N) is 3. The monoisotopic (exact) mass is 359 g/mol. The van der Waals surface area contributed by atoms with Gasteiger partial charge in [0.15, 0.2) is 17.3 Å². The minimum Gasteiger partial charge on any atom is -0.493 e. The van der Waals surface area contributed by atoms with Gasteiger partial charge in [-0.1, -0.05) is 0 Å². The Labute approximate surface area is 148 Å². The molecule has 7 nitrogen and oxygen atoms in total. The van der Waals surface area contributed by atoms with Gasteiger partial charge in [-0.05, 0) is 24.3 Å². The third-order valence-corrected chi connectivity index (χ3v) is 3.39. The summed E-state index contributed by atoms with van der Waals surface area (Å²) in [5.41, 5.74) is 0.721. The fraction of sp³-hybridized carbons (Fsp3) is 0.118. The van der Waals surface area contributed by atoms with Crippen LogP contribution < -0.4 is 20.1 Å². The van der Waals surface area contributed by atoms with E-state index in [-0.39, 0.29) is 11.6 Å². The number of ether oxygens (including phenoxy) is 2. The van der Waals surface area contributed by atoms with Gasteiger partial charge in [0.25, 0.3) is 0 Å². The molecular weight excluding hydrogens is 344 g/mol.